The van der Waals surface area contributed by atoms with E-state index in [1.165, 1.54) is 0 Å². The molecule has 0 radical (unpaired) electrons. The second kappa shape index (κ2) is 4.04. The van der Waals surface area contributed by atoms with Crippen LogP contribution in [0.4, 0.5) is 0 Å². The lowest BCUT2D eigenvalue weighted by atomic mass is 10.1. The first-order valence-corrected chi connectivity index (χ1v) is 5.16. The summed E-state index contributed by atoms with van der Waals surface area (Å²) in [7, 11) is 0. The molecule has 0 saturated carbocycles. The molecule has 0 aliphatic carbocycles. The average Bonchev–Trinajstić information content (AvgIpc) is 2.29. The lowest BCUT2D eigenvalue weighted by Crippen LogP contribution is -1.82. The summed E-state index contributed by atoms with van der Waals surface area (Å²) < 4.78 is 0. The van der Waals surface area contributed by atoms with Crippen molar-refractivity contribution in [2.45, 2.75) is 4.90 Å². The van der Waals surface area contributed by atoms with Gasteiger partial charge in [-0.05, 0) is 29.3 Å². The highest BCUT2D eigenvalue weighted by Crippen LogP contribution is 2.29. The van der Waals surface area contributed by atoms with Crippen molar-refractivity contribution in [2.24, 2.45) is 0 Å². The van der Waals surface area contributed by atoms with Crippen LogP contribution in [0.1, 0.15) is 5.56 Å². The maximum absolute atomic E-state index is 8.99. The largest absolute Gasteiger partial charge is 0.192 e. The number of hydrogen-bond acceptors (Lipinski definition) is 3. The molecule has 2 rings (SSSR count). The van der Waals surface area contributed by atoms with Crippen molar-refractivity contribution in [3.05, 3.63) is 42.0 Å². The number of nitriles is 2. The summed E-state index contributed by atoms with van der Waals surface area (Å²) in [6, 6.07) is 13.4. The molecular weight excluding hydrogens is 204 g/mol. The van der Waals surface area contributed by atoms with Crippen LogP contribution in [-0.4, -0.2) is 0 Å². The Hall–Kier alpha value is -1.97. The van der Waals surface area contributed by atoms with Gasteiger partial charge in [-0.3, -0.25) is 0 Å². The molecule has 2 nitrogen and oxygen atoms in total. The summed E-state index contributed by atoms with van der Waals surface area (Å²) in [5, 5.41) is 21.6. The zero-order valence-electron chi connectivity index (χ0n) is 7.77. The quantitative estimate of drug-likeness (QED) is 0.536. The Balaban J connectivity index is 2.83. The van der Waals surface area contributed by atoms with Crippen LogP contribution < -0.4 is 0 Å². The summed E-state index contributed by atoms with van der Waals surface area (Å²) in [5.74, 6) is 0. The van der Waals surface area contributed by atoms with Crippen molar-refractivity contribution in [2.75, 3.05) is 0 Å². The topological polar surface area (TPSA) is 47.6 Å². The fourth-order valence-electron chi connectivity index (χ4n) is 1.53. The molecule has 0 unspecified atom stereocenters. The summed E-state index contributed by atoms with van der Waals surface area (Å²) in [6.07, 6.45) is 0. The number of thiocyanates is 1. The van der Waals surface area contributed by atoms with Gasteiger partial charge < -0.3 is 0 Å². The van der Waals surface area contributed by atoms with E-state index in [4.69, 9.17) is 10.5 Å². The molecule has 2 aromatic carbocycles. The van der Waals surface area contributed by atoms with Gasteiger partial charge in [-0.1, -0.05) is 24.3 Å². The van der Waals surface area contributed by atoms with Crippen LogP contribution in [0, 0.1) is 22.0 Å². The van der Waals surface area contributed by atoms with Gasteiger partial charge >= 0.3 is 0 Å². The Kier molecular flexibility index (Phi) is 2.58. The third-order valence-electron chi connectivity index (χ3n) is 2.14. The van der Waals surface area contributed by atoms with Crippen LogP contribution in [0.2, 0.25) is 0 Å². The van der Waals surface area contributed by atoms with Crippen LogP contribution in [0.3, 0.4) is 0 Å². The van der Waals surface area contributed by atoms with Gasteiger partial charge in [-0.25, -0.2) is 0 Å². The fourth-order valence-corrected chi connectivity index (χ4v) is 2.11. The molecule has 0 amide bonds. The molecule has 0 N–H and O–H groups in total. The first-order valence-electron chi connectivity index (χ1n) is 4.34. The molecule has 0 spiro atoms. The zero-order chi connectivity index (χ0) is 10.7. The van der Waals surface area contributed by atoms with E-state index >= 15 is 0 Å². The first-order chi connectivity index (χ1) is 7.36. The molecule has 2 aromatic rings. The Morgan fingerprint density at radius 3 is 2.40 bits per heavy atom. The van der Waals surface area contributed by atoms with E-state index in [1.807, 2.05) is 35.7 Å². The van der Waals surface area contributed by atoms with Crippen molar-refractivity contribution >= 4 is 22.5 Å². The highest BCUT2D eigenvalue weighted by atomic mass is 32.2. The Bertz CT molecular complexity index is 585. The highest BCUT2D eigenvalue weighted by molar-refractivity contribution is 8.04. The van der Waals surface area contributed by atoms with Crippen LogP contribution in [0.15, 0.2) is 41.3 Å². The van der Waals surface area contributed by atoms with Crippen molar-refractivity contribution in [1.29, 1.82) is 10.5 Å². The molecule has 0 saturated heterocycles. The van der Waals surface area contributed by atoms with E-state index in [0.29, 0.717) is 5.56 Å². The van der Waals surface area contributed by atoms with Crippen molar-refractivity contribution in [3.8, 4) is 11.5 Å². The van der Waals surface area contributed by atoms with Gasteiger partial charge in [-0.2, -0.15) is 10.5 Å². The van der Waals surface area contributed by atoms with Gasteiger partial charge in [0, 0.05) is 10.3 Å². The molecule has 0 fully saturated rings. The van der Waals surface area contributed by atoms with Crippen LogP contribution in [0.25, 0.3) is 10.8 Å². The van der Waals surface area contributed by atoms with Crippen LogP contribution in [-0.2, 0) is 0 Å². The maximum Gasteiger partial charge on any atom is 0.138 e. The minimum Gasteiger partial charge on any atom is -0.192 e. The molecule has 15 heavy (non-hydrogen) atoms. The molecule has 0 bridgehead atoms. The monoisotopic (exact) mass is 210 g/mol. The van der Waals surface area contributed by atoms with Crippen molar-refractivity contribution in [1.82, 2.24) is 0 Å². The second-order valence-corrected chi connectivity index (χ2v) is 3.79. The lowest BCUT2D eigenvalue weighted by molar-refractivity contribution is 1.47. The zero-order valence-corrected chi connectivity index (χ0v) is 8.58. The predicted molar refractivity (Wildman–Crippen MR) is 60.1 cm³/mol. The molecular formula is C12H6N2S. The number of nitrogens with zero attached hydrogens (tertiary/aromatic N) is 2. The number of hydrogen-bond donors (Lipinski definition) is 0. The normalized spacial score (nSPS) is 9.47. The van der Waals surface area contributed by atoms with Gasteiger partial charge in [-0.15, -0.1) is 0 Å². The van der Waals surface area contributed by atoms with Gasteiger partial charge in [0.25, 0.3) is 0 Å². The Labute approximate surface area is 91.8 Å². The number of fused-ring (bicyclic) bond motifs is 1. The molecule has 0 aromatic heterocycles. The van der Waals surface area contributed by atoms with E-state index in [-0.39, 0.29) is 0 Å². The van der Waals surface area contributed by atoms with Crippen molar-refractivity contribution in [3.63, 3.8) is 0 Å². The van der Waals surface area contributed by atoms with E-state index < -0.39 is 0 Å². The molecule has 0 heterocycles. The summed E-state index contributed by atoms with van der Waals surface area (Å²) in [6.45, 7) is 0. The maximum atomic E-state index is 8.99. The number of thioether (sulfide) groups is 1. The van der Waals surface area contributed by atoms with Crippen molar-refractivity contribution < 1.29 is 0 Å². The Morgan fingerprint density at radius 1 is 1.00 bits per heavy atom. The number of benzene rings is 2. The minimum atomic E-state index is 0.617. The first kappa shape index (κ1) is 9.58. The predicted octanol–water partition coefficient (Wildman–Crippen LogP) is 3.28. The highest BCUT2D eigenvalue weighted by Gasteiger charge is 2.05. The van der Waals surface area contributed by atoms with E-state index in [9.17, 15) is 0 Å². The average molecular weight is 210 g/mol. The van der Waals surface area contributed by atoms with Gasteiger partial charge in [0.2, 0.25) is 0 Å². The van der Waals surface area contributed by atoms with Gasteiger partial charge in [0.05, 0.1) is 11.6 Å². The Morgan fingerprint density at radius 2 is 1.73 bits per heavy atom. The second-order valence-electron chi connectivity index (χ2n) is 2.96. The minimum absolute atomic E-state index is 0.617. The van der Waals surface area contributed by atoms with E-state index in [2.05, 4.69) is 6.07 Å². The standard InChI is InChI=1S/C12H6N2S/c13-7-10-5-1-3-9-4-2-6-11(12(9)10)15-8-14/h1-6H. The number of rotatable bonds is 1. The summed E-state index contributed by atoms with van der Waals surface area (Å²) in [4.78, 5) is 0.840. The van der Waals surface area contributed by atoms with E-state index in [1.54, 1.807) is 6.07 Å². The van der Waals surface area contributed by atoms with Gasteiger partial charge in [0.15, 0.2) is 0 Å². The SMILES string of the molecule is N#CSc1cccc2cccc(C#N)c12. The molecule has 3 heteroatoms. The van der Waals surface area contributed by atoms with E-state index in [0.717, 1.165) is 27.4 Å². The summed E-state index contributed by atoms with van der Waals surface area (Å²) in [5.41, 5.74) is 0.617. The lowest BCUT2D eigenvalue weighted by Gasteiger charge is -2.03. The molecule has 0 aliphatic rings. The van der Waals surface area contributed by atoms with Gasteiger partial charge in [0.1, 0.15) is 5.40 Å². The third kappa shape index (κ3) is 1.66. The molecule has 0 aliphatic heterocycles. The fraction of sp³-hybridized carbons (Fsp3) is 0. The van der Waals surface area contributed by atoms with Crippen LogP contribution in [0.5, 0.6) is 0 Å². The smallest absolute Gasteiger partial charge is 0.138 e. The molecule has 0 atom stereocenters. The van der Waals surface area contributed by atoms with Crippen LogP contribution >= 0.6 is 11.8 Å². The third-order valence-corrected chi connectivity index (χ3v) is 2.79. The summed E-state index contributed by atoms with van der Waals surface area (Å²) >= 11 is 1.09. The molecule has 70 valence electrons.